The second-order valence-corrected chi connectivity index (χ2v) is 5.45. The molecule has 2 unspecified atom stereocenters. The first kappa shape index (κ1) is 13.9. The minimum absolute atomic E-state index is 0.0624. The summed E-state index contributed by atoms with van der Waals surface area (Å²) < 4.78 is 0. The van der Waals surface area contributed by atoms with Gasteiger partial charge in [-0.3, -0.25) is 4.79 Å². The Hall–Kier alpha value is -1.55. The summed E-state index contributed by atoms with van der Waals surface area (Å²) in [6.07, 6.45) is 1.40. The monoisotopic (exact) mass is 262 g/mol. The number of carbonyl (C=O) groups excluding carboxylic acids is 1. The van der Waals surface area contributed by atoms with Crippen LogP contribution in [0, 0.1) is 5.92 Å². The number of carbonyl (C=O) groups is 1. The van der Waals surface area contributed by atoms with Crippen molar-refractivity contribution in [1.29, 1.82) is 0 Å². The highest BCUT2D eigenvalue weighted by Crippen LogP contribution is 2.28. The van der Waals surface area contributed by atoms with Crippen molar-refractivity contribution in [2.45, 2.75) is 38.8 Å². The molecule has 0 aromatic heterocycles. The molecule has 1 heterocycles. The van der Waals surface area contributed by atoms with Gasteiger partial charge in [-0.2, -0.15) is 0 Å². The van der Waals surface area contributed by atoms with Crippen LogP contribution in [0.4, 0.5) is 5.69 Å². The maximum Gasteiger partial charge on any atom is 0.222 e. The Morgan fingerprint density at radius 1 is 1.37 bits per heavy atom. The number of rotatable bonds is 3. The fraction of sp³-hybridized carbons (Fsp3) is 0.533. The number of nitrogens with zero attached hydrogens (tertiary/aromatic N) is 1. The molecule has 1 amide bonds. The van der Waals surface area contributed by atoms with Crippen LogP contribution < -0.4 is 10.6 Å². The van der Waals surface area contributed by atoms with E-state index in [1.807, 2.05) is 24.3 Å². The summed E-state index contributed by atoms with van der Waals surface area (Å²) in [6, 6.07) is 8.28. The molecule has 1 aliphatic rings. The van der Waals surface area contributed by atoms with Gasteiger partial charge in [0.2, 0.25) is 5.91 Å². The first-order valence-corrected chi connectivity index (χ1v) is 6.83. The fourth-order valence-electron chi connectivity index (χ4n) is 2.64. The van der Waals surface area contributed by atoms with Gasteiger partial charge in [-0.05, 0) is 44.4 Å². The SMILES string of the molecule is CC1CCC(C(N)=O)CN1c1ccc([C@@H](C)O)cc1. The van der Waals surface area contributed by atoms with Crippen molar-refractivity contribution in [2.24, 2.45) is 11.7 Å². The molecule has 0 saturated carbocycles. The van der Waals surface area contributed by atoms with Crippen LogP contribution in [0.5, 0.6) is 0 Å². The van der Waals surface area contributed by atoms with Crippen molar-refractivity contribution in [2.75, 3.05) is 11.4 Å². The molecular weight excluding hydrogens is 240 g/mol. The maximum absolute atomic E-state index is 11.3. The number of anilines is 1. The number of benzene rings is 1. The lowest BCUT2D eigenvalue weighted by atomic mass is 9.92. The predicted octanol–water partition coefficient (Wildman–Crippen LogP) is 1.83. The highest BCUT2D eigenvalue weighted by molar-refractivity contribution is 5.77. The molecule has 0 aliphatic carbocycles. The van der Waals surface area contributed by atoms with Gasteiger partial charge < -0.3 is 15.7 Å². The molecule has 104 valence electrons. The van der Waals surface area contributed by atoms with E-state index in [0.717, 1.165) is 24.1 Å². The summed E-state index contributed by atoms with van der Waals surface area (Å²) in [5.74, 6) is -0.273. The average Bonchev–Trinajstić information content (AvgIpc) is 2.39. The number of amides is 1. The lowest BCUT2D eigenvalue weighted by Gasteiger charge is -2.38. The first-order valence-electron chi connectivity index (χ1n) is 6.83. The highest BCUT2D eigenvalue weighted by Gasteiger charge is 2.28. The minimum atomic E-state index is -0.453. The van der Waals surface area contributed by atoms with E-state index < -0.39 is 6.10 Å². The molecule has 3 atom stereocenters. The van der Waals surface area contributed by atoms with E-state index in [0.29, 0.717) is 12.6 Å². The Labute approximate surface area is 114 Å². The molecule has 4 heteroatoms. The van der Waals surface area contributed by atoms with Crippen LogP contribution in [0.15, 0.2) is 24.3 Å². The van der Waals surface area contributed by atoms with Gasteiger partial charge in [0.15, 0.2) is 0 Å². The van der Waals surface area contributed by atoms with Crippen molar-refractivity contribution in [3.63, 3.8) is 0 Å². The number of aliphatic hydroxyl groups excluding tert-OH is 1. The van der Waals surface area contributed by atoms with Crippen LogP contribution in [0.2, 0.25) is 0 Å². The predicted molar refractivity (Wildman–Crippen MR) is 75.8 cm³/mol. The molecule has 2 rings (SSSR count). The fourth-order valence-corrected chi connectivity index (χ4v) is 2.64. The summed E-state index contributed by atoms with van der Waals surface area (Å²) in [5, 5.41) is 9.52. The Kier molecular flexibility index (Phi) is 4.10. The van der Waals surface area contributed by atoms with Gasteiger partial charge in [0.05, 0.1) is 12.0 Å². The average molecular weight is 262 g/mol. The number of hydrogen-bond acceptors (Lipinski definition) is 3. The Bertz CT molecular complexity index is 442. The van der Waals surface area contributed by atoms with Gasteiger partial charge in [-0.25, -0.2) is 0 Å². The summed E-state index contributed by atoms with van der Waals surface area (Å²) in [4.78, 5) is 13.6. The lowest BCUT2D eigenvalue weighted by molar-refractivity contribution is -0.122. The molecule has 0 spiro atoms. The molecular formula is C15H22N2O2. The van der Waals surface area contributed by atoms with Crippen LogP contribution in [-0.2, 0) is 4.79 Å². The van der Waals surface area contributed by atoms with E-state index in [1.54, 1.807) is 6.92 Å². The number of nitrogens with two attached hydrogens (primary N) is 1. The lowest BCUT2D eigenvalue weighted by Crippen LogP contribution is -2.45. The van der Waals surface area contributed by atoms with Gasteiger partial charge in [0, 0.05) is 18.3 Å². The summed E-state index contributed by atoms with van der Waals surface area (Å²) in [5.41, 5.74) is 7.41. The van der Waals surface area contributed by atoms with Gasteiger partial charge in [0.25, 0.3) is 0 Å². The summed E-state index contributed by atoms with van der Waals surface area (Å²) in [7, 11) is 0. The van der Waals surface area contributed by atoms with Crippen LogP contribution >= 0.6 is 0 Å². The van der Waals surface area contributed by atoms with Crippen molar-refractivity contribution in [1.82, 2.24) is 0 Å². The summed E-state index contributed by atoms with van der Waals surface area (Å²) in [6.45, 7) is 4.60. The second kappa shape index (κ2) is 5.61. The normalized spacial score (nSPS) is 25.1. The van der Waals surface area contributed by atoms with Gasteiger partial charge in [-0.1, -0.05) is 12.1 Å². The Morgan fingerprint density at radius 2 is 2.00 bits per heavy atom. The Balaban J connectivity index is 2.16. The second-order valence-electron chi connectivity index (χ2n) is 5.45. The molecule has 0 radical (unpaired) electrons. The van der Waals surface area contributed by atoms with Crippen LogP contribution in [0.1, 0.15) is 38.4 Å². The van der Waals surface area contributed by atoms with E-state index in [2.05, 4.69) is 11.8 Å². The molecule has 0 bridgehead atoms. The van der Waals surface area contributed by atoms with E-state index in [1.165, 1.54) is 0 Å². The van der Waals surface area contributed by atoms with Crippen LogP contribution in [-0.4, -0.2) is 23.6 Å². The van der Waals surface area contributed by atoms with Crippen molar-refractivity contribution < 1.29 is 9.90 Å². The quantitative estimate of drug-likeness (QED) is 0.873. The third-order valence-corrected chi connectivity index (χ3v) is 3.99. The number of aliphatic hydroxyl groups is 1. The third kappa shape index (κ3) is 3.07. The van der Waals surface area contributed by atoms with Gasteiger partial charge >= 0.3 is 0 Å². The number of primary amides is 1. The third-order valence-electron chi connectivity index (χ3n) is 3.99. The minimum Gasteiger partial charge on any atom is -0.389 e. The van der Waals surface area contributed by atoms with Gasteiger partial charge in [-0.15, -0.1) is 0 Å². The van der Waals surface area contributed by atoms with Crippen LogP contribution in [0.25, 0.3) is 0 Å². The molecule has 3 N–H and O–H groups in total. The van der Waals surface area contributed by atoms with Crippen molar-refractivity contribution >= 4 is 11.6 Å². The molecule has 1 aliphatic heterocycles. The van der Waals surface area contributed by atoms with Crippen molar-refractivity contribution in [3.05, 3.63) is 29.8 Å². The smallest absolute Gasteiger partial charge is 0.222 e. The number of hydrogen-bond donors (Lipinski definition) is 2. The van der Waals surface area contributed by atoms with E-state index in [-0.39, 0.29) is 11.8 Å². The maximum atomic E-state index is 11.3. The van der Waals surface area contributed by atoms with E-state index in [4.69, 9.17) is 5.73 Å². The standard InChI is InChI=1S/C15H22N2O2/c1-10-3-4-13(15(16)19)9-17(10)14-7-5-12(6-8-14)11(2)18/h5-8,10-11,13,18H,3-4,9H2,1-2H3,(H2,16,19)/t10?,11-,13?/m1/s1. The van der Waals surface area contributed by atoms with E-state index >= 15 is 0 Å². The van der Waals surface area contributed by atoms with Crippen molar-refractivity contribution in [3.8, 4) is 0 Å². The Morgan fingerprint density at radius 3 is 2.53 bits per heavy atom. The summed E-state index contributed by atoms with van der Waals surface area (Å²) >= 11 is 0. The molecule has 1 aromatic carbocycles. The zero-order valence-electron chi connectivity index (χ0n) is 11.5. The molecule has 1 saturated heterocycles. The largest absolute Gasteiger partial charge is 0.389 e. The number of piperidine rings is 1. The molecule has 1 fully saturated rings. The first-order chi connectivity index (χ1) is 8.99. The van der Waals surface area contributed by atoms with Gasteiger partial charge in [0.1, 0.15) is 0 Å². The van der Waals surface area contributed by atoms with Crippen LogP contribution in [0.3, 0.4) is 0 Å². The van der Waals surface area contributed by atoms with E-state index in [9.17, 15) is 9.90 Å². The zero-order chi connectivity index (χ0) is 14.0. The topological polar surface area (TPSA) is 66.6 Å². The molecule has 4 nitrogen and oxygen atoms in total. The highest BCUT2D eigenvalue weighted by atomic mass is 16.3. The molecule has 19 heavy (non-hydrogen) atoms. The molecule has 1 aromatic rings. The zero-order valence-corrected chi connectivity index (χ0v) is 11.5.